The highest BCUT2D eigenvalue weighted by Crippen LogP contribution is 2.33. The Kier molecular flexibility index (Phi) is 6.21. The predicted octanol–water partition coefficient (Wildman–Crippen LogP) is 5.22. The number of hydrogen-bond acceptors (Lipinski definition) is 5. The molecule has 0 radical (unpaired) electrons. The van der Waals surface area contributed by atoms with Crippen molar-refractivity contribution in [3.05, 3.63) is 75.7 Å². The summed E-state index contributed by atoms with van der Waals surface area (Å²) in [6, 6.07) is 8.97. The first-order valence-corrected chi connectivity index (χ1v) is 11.5. The number of halogens is 6. The van der Waals surface area contributed by atoms with Crippen molar-refractivity contribution in [1.29, 1.82) is 0 Å². The molecule has 13 heteroatoms. The van der Waals surface area contributed by atoms with Gasteiger partial charge in [-0.2, -0.15) is 22.7 Å². The number of benzene rings is 2. The fourth-order valence-corrected chi connectivity index (χ4v) is 4.31. The second-order valence-electron chi connectivity index (χ2n) is 8.05. The second-order valence-corrected chi connectivity index (χ2v) is 8.86. The van der Waals surface area contributed by atoms with Gasteiger partial charge in [-0.3, -0.25) is 4.79 Å². The van der Waals surface area contributed by atoms with Crippen LogP contribution in [0, 0.1) is 5.82 Å². The van der Waals surface area contributed by atoms with Crippen LogP contribution in [0.25, 0.3) is 17.0 Å². The summed E-state index contributed by atoms with van der Waals surface area (Å²) in [5.41, 5.74) is -0.443. The number of aromatic nitrogens is 4. The van der Waals surface area contributed by atoms with Crippen molar-refractivity contribution in [3.8, 4) is 11.3 Å². The number of piperazine rings is 1. The van der Waals surface area contributed by atoms with Gasteiger partial charge < -0.3 is 9.80 Å². The lowest BCUT2D eigenvalue weighted by atomic mass is 10.0. The number of hydrogen-bond donors (Lipinski definition) is 0. The Labute approximate surface area is 211 Å². The zero-order chi connectivity index (χ0) is 25.6. The van der Waals surface area contributed by atoms with Crippen molar-refractivity contribution >= 4 is 40.8 Å². The summed E-state index contributed by atoms with van der Waals surface area (Å²) in [6.07, 6.45) is -3.27. The van der Waals surface area contributed by atoms with E-state index in [0.29, 0.717) is 33.5 Å². The predicted molar refractivity (Wildman–Crippen MR) is 126 cm³/mol. The first kappa shape index (κ1) is 24.3. The maximum atomic E-state index is 13.4. The van der Waals surface area contributed by atoms with Crippen molar-refractivity contribution in [2.45, 2.75) is 6.18 Å². The number of carbonyl (C=O) groups is 1. The molecule has 7 nitrogen and oxygen atoms in total. The zero-order valence-electron chi connectivity index (χ0n) is 18.3. The van der Waals surface area contributed by atoms with E-state index in [1.165, 1.54) is 4.90 Å². The minimum absolute atomic E-state index is 0.135. The van der Waals surface area contributed by atoms with Gasteiger partial charge >= 0.3 is 6.18 Å². The summed E-state index contributed by atoms with van der Waals surface area (Å²) < 4.78 is 55.0. The molecule has 0 atom stereocenters. The minimum atomic E-state index is -4.85. The third-order valence-corrected chi connectivity index (χ3v) is 6.55. The van der Waals surface area contributed by atoms with Crippen LogP contribution in [0.1, 0.15) is 15.9 Å². The quantitative estimate of drug-likeness (QED) is 0.334. The lowest BCUT2D eigenvalue weighted by molar-refractivity contribution is -0.138. The molecule has 36 heavy (non-hydrogen) atoms. The summed E-state index contributed by atoms with van der Waals surface area (Å²) in [4.78, 5) is 24.7. The van der Waals surface area contributed by atoms with Gasteiger partial charge in [0, 0.05) is 37.9 Å². The number of fused-ring (bicyclic) bond motifs is 1. The molecule has 0 unspecified atom stereocenters. The minimum Gasteiger partial charge on any atom is -0.336 e. The molecule has 0 aliphatic carbocycles. The molecule has 3 heterocycles. The Morgan fingerprint density at radius 3 is 2.39 bits per heavy atom. The highest BCUT2D eigenvalue weighted by atomic mass is 35.5. The average Bonchev–Trinajstić information content (AvgIpc) is 3.29. The van der Waals surface area contributed by atoms with Crippen LogP contribution in [0.15, 0.2) is 48.7 Å². The molecule has 0 spiro atoms. The van der Waals surface area contributed by atoms with E-state index >= 15 is 0 Å². The summed E-state index contributed by atoms with van der Waals surface area (Å²) >= 11 is 12.2. The summed E-state index contributed by atoms with van der Waals surface area (Å²) in [5.74, 6) is -1.17. The molecule has 0 saturated carbocycles. The largest absolute Gasteiger partial charge is 0.417 e. The molecule has 2 aromatic carbocycles. The van der Waals surface area contributed by atoms with E-state index in [0.717, 1.165) is 17.7 Å². The summed E-state index contributed by atoms with van der Waals surface area (Å²) in [7, 11) is 0. The van der Waals surface area contributed by atoms with Gasteiger partial charge in [0.15, 0.2) is 0 Å². The third kappa shape index (κ3) is 4.56. The molecule has 1 saturated heterocycles. The Bertz CT molecular complexity index is 1470. The van der Waals surface area contributed by atoms with Crippen LogP contribution >= 0.6 is 23.2 Å². The number of carbonyl (C=O) groups excluding carboxylic acids is 1. The van der Waals surface area contributed by atoms with Crippen molar-refractivity contribution in [2.75, 3.05) is 31.1 Å². The van der Waals surface area contributed by atoms with E-state index in [4.69, 9.17) is 23.2 Å². The number of amides is 1. The van der Waals surface area contributed by atoms with Gasteiger partial charge in [0.25, 0.3) is 11.7 Å². The van der Waals surface area contributed by atoms with E-state index in [1.54, 1.807) is 35.0 Å². The number of anilines is 1. The van der Waals surface area contributed by atoms with E-state index in [1.807, 2.05) is 4.90 Å². The van der Waals surface area contributed by atoms with E-state index < -0.39 is 29.0 Å². The third-order valence-electron chi connectivity index (χ3n) is 5.81. The van der Waals surface area contributed by atoms with Gasteiger partial charge in [-0.05, 0) is 36.4 Å². The fourth-order valence-electron chi connectivity index (χ4n) is 4.01. The molecule has 2 aromatic heterocycles. The highest BCUT2D eigenvalue weighted by molar-refractivity contribution is 6.42. The van der Waals surface area contributed by atoms with Crippen molar-refractivity contribution in [1.82, 2.24) is 24.5 Å². The fraction of sp³-hybridized carbons (Fsp3) is 0.217. The SMILES string of the molecule is O=C(c1ccc(F)cc1C(F)(F)F)N1CCN(c2nc3nccc(-c4ccc(Cl)c(Cl)c4)n3n2)CC1. The molecule has 0 N–H and O–H groups in total. The van der Waals surface area contributed by atoms with Crippen LogP contribution in [0.4, 0.5) is 23.5 Å². The van der Waals surface area contributed by atoms with E-state index in [-0.39, 0.29) is 26.2 Å². The second kappa shape index (κ2) is 9.21. The standard InChI is InChI=1S/C23H16Cl2F4N6O/c24-17-4-1-13(11-18(17)25)19-5-6-30-21-31-22(32-35(19)21)34-9-7-33(8-10-34)20(36)15-3-2-14(26)12-16(15)23(27,28)29/h1-6,11-12H,7-10H2. The highest BCUT2D eigenvalue weighted by Gasteiger charge is 2.37. The molecule has 1 fully saturated rings. The molecule has 186 valence electrons. The molecule has 0 bridgehead atoms. The Morgan fingerprint density at radius 2 is 1.69 bits per heavy atom. The normalized spacial score (nSPS) is 14.5. The Balaban J connectivity index is 1.36. The topological polar surface area (TPSA) is 66.6 Å². The molecule has 4 aromatic rings. The molecule has 1 aliphatic heterocycles. The number of rotatable bonds is 3. The van der Waals surface area contributed by atoms with Crippen molar-refractivity contribution in [3.63, 3.8) is 0 Å². The lowest BCUT2D eigenvalue weighted by Gasteiger charge is -2.34. The van der Waals surface area contributed by atoms with Crippen molar-refractivity contribution < 1.29 is 22.4 Å². The van der Waals surface area contributed by atoms with Crippen molar-refractivity contribution in [2.24, 2.45) is 0 Å². The monoisotopic (exact) mass is 538 g/mol. The van der Waals surface area contributed by atoms with Crippen LogP contribution in [-0.4, -0.2) is 56.6 Å². The maximum Gasteiger partial charge on any atom is 0.417 e. The van der Waals surface area contributed by atoms with Crippen LogP contribution in [-0.2, 0) is 6.18 Å². The van der Waals surface area contributed by atoms with E-state index in [2.05, 4.69) is 15.1 Å². The first-order chi connectivity index (χ1) is 17.1. The lowest BCUT2D eigenvalue weighted by Crippen LogP contribution is -2.49. The smallest absolute Gasteiger partial charge is 0.336 e. The molecular weight excluding hydrogens is 523 g/mol. The van der Waals surface area contributed by atoms with Crippen LogP contribution in [0.2, 0.25) is 10.0 Å². The first-order valence-electron chi connectivity index (χ1n) is 10.7. The van der Waals surface area contributed by atoms with Gasteiger partial charge in [-0.15, -0.1) is 5.10 Å². The Morgan fingerprint density at radius 1 is 0.944 bits per heavy atom. The average molecular weight is 539 g/mol. The summed E-state index contributed by atoms with van der Waals surface area (Å²) in [6.45, 7) is 0.840. The van der Waals surface area contributed by atoms with Gasteiger partial charge in [-0.25, -0.2) is 9.37 Å². The molecular formula is C23H16Cl2F4N6O. The van der Waals surface area contributed by atoms with E-state index in [9.17, 15) is 22.4 Å². The zero-order valence-corrected chi connectivity index (χ0v) is 19.8. The van der Waals surface area contributed by atoms with Gasteiger partial charge in [0.1, 0.15) is 5.82 Å². The Hall–Kier alpha value is -3.44. The molecule has 5 rings (SSSR count). The number of nitrogens with zero attached hydrogens (tertiary/aromatic N) is 6. The molecule has 1 aliphatic rings. The summed E-state index contributed by atoms with van der Waals surface area (Å²) in [5, 5.41) is 5.35. The maximum absolute atomic E-state index is 13.4. The molecule has 1 amide bonds. The van der Waals surface area contributed by atoms with Gasteiger partial charge in [-0.1, -0.05) is 29.3 Å². The van der Waals surface area contributed by atoms with Gasteiger partial charge in [0.05, 0.1) is 26.9 Å². The van der Waals surface area contributed by atoms with Crippen LogP contribution in [0.5, 0.6) is 0 Å². The van der Waals surface area contributed by atoms with Crippen LogP contribution in [0.3, 0.4) is 0 Å². The van der Waals surface area contributed by atoms with Crippen LogP contribution < -0.4 is 4.90 Å². The van der Waals surface area contributed by atoms with Gasteiger partial charge in [0.2, 0.25) is 5.95 Å². The number of alkyl halides is 3.